The SMILES string of the molecule is CC(C)CCC1C(C)N(C(=O)OC(C)(C)C)CC(C)N1C(=O)c1cc(/C=C/c2ccc(F)cc2)nc2ccc(Br)cc12. The maximum atomic E-state index is 14.6. The van der Waals surface area contributed by atoms with Crippen LogP contribution in [-0.2, 0) is 4.74 Å². The van der Waals surface area contributed by atoms with Gasteiger partial charge in [0.15, 0.2) is 0 Å². The lowest BCUT2D eigenvalue weighted by atomic mass is 9.91. The molecule has 2 amide bonds. The molecule has 4 rings (SSSR count). The van der Waals surface area contributed by atoms with Gasteiger partial charge in [-0.1, -0.05) is 48.0 Å². The second-order valence-corrected chi connectivity index (χ2v) is 13.5. The largest absolute Gasteiger partial charge is 0.444 e. The molecule has 0 spiro atoms. The van der Waals surface area contributed by atoms with Gasteiger partial charge in [0.1, 0.15) is 11.4 Å². The van der Waals surface area contributed by atoms with E-state index in [4.69, 9.17) is 9.72 Å². The summed E-state index contributed by atoms with van der Waals surface area (Å²) in [6.45, 7) is 14.3. The van der Waals surface area contributed by atoms with E-state index in [1.54, 1.807) is 17.0 Å². The Balaban J connectivity index is 1.75. The van der Waals surface area contributed by atoms with Crippen molar-refractivity contribution in [1.82, 2.24) is 14.8 Å². The predicted molar refractivity (Wildman–Crippen MR) is 171 cm³/mol. The second-order valence-electron chi connectivity index (χ2n) is 12.6. The van der Waals surface area contributed by atoms with E-state index in [1.165, 1.54) is 12.1 Å². The summed E-state index contributed by atoms with van der Waals surface area (Å²) in [6.07, 6.45) is 5.03. The molecule has 6 nitrogen and oxygen atoms in total. The van der Waals surface area contributed by atoms with Gasteiger partial charge in [-0.25, -0.2) is 14.2 Å². The van der Waals surface area contributed by atoms with Crippen molar-refractivity contribution < 1.29 is 18.7 Å². The van der Waals surface area contributed by atoms with Crippen molar-refractivity contribution in [3.63, 3.8) is 0 Å². The van der Waals surface area contributed by atoms with Crippen molar-refractivity contribution in [1.29, 1.82) is 0 Å². The second kappa shape index (κ2) is 12.9. The van der Waals surface area contributed by atoms with Gasteiger partial charge >= 0.3 is 6.09 Å². The summed E-state index contributed by atoms with van der Waals surface area (Å²) in [5.41, 5.74) is 2.11. The molecule has 1 fully saturated rings. The molecule has 0 bridgehead atoms. The van der Waals surface area contributed by atoms with Crippen LogP contribution in [0.3, 0.4) is 0 Å². The molecule has 1 saturated heterocycles. The first-order valence-corrected chi connectivity index (χ1v) is 15.4. The van der Waals surface area contributed by atoms with Crippen LogP contribution in [0.5, 0.6) is 0 Å². The number of halogens is 2. The molecule has 0 saturated carbocycles. The Morgan fingerprint density at radius 3 is 2.43 bits per heavy atom. The molecule has 2 heterocycles. The Kier molecular flexibility index (Phi) is 9.76. The van der Waals surface area contributed by atoms with Crippen LogP contribution in [0.15, 0.2) is 53.0 Å². The highest BCUT2D eigenvalue weighted by Crippen LogP contribution is 2.32. The van der Waals surface area contributed by atoms with Gasteiger partial charge < -0.3 is 14.5 Å². The van der Waals surface area contributed by atoms with Crippen LogP contribution < -0.4 is 0 Å². The summed E-state index contributed by atoms with van der Waals surface area (Å²) < 4.78 is 20.0. The zero-order valence-corrected chi connectivity index (χ0v) is 27.1. The highest BCUT2D eigenvalue weighted by atomic mass is 79.9. The lowest BCUT2D eigenvalue weighted by Crippen LogP contribution is -2.65. The van der Waals surface area contributed by atoms with Crippen LogP contribution in [0.25, 0.3) is 23.1 Å². The van der Waals surface area contributed by atoms with Crippen molar-refractivity contribution >= 4 is 51.0 Å². The van der Waals surface area contributed by atoms with E-state index in [1.807, 2.05) is 75.9 Å². The first-order chi connectivity index (χ1) is 19.7. The van der Waals surface area contributed by atoms with Gasteiger partial charge in [-0.05, 0) is 101 Å². The lowest BCUT2D eigenvalue weighted by molar-refractivity contribution is -0.0292. The molecule has 1 aliphatic heterocycles. The number of pyridine rings is 1. The summed E-state index contributed by atoms with van der Waals surface area (Å²) >= 11 is 3.56. The van der Waals surface area contributed by atoms with Crippen molar-refractivity contribution in [2.45, 2.75) is 85.0 Å². The topological polar surface area (TPSA) is 62.7 Å². The van der Waals surface area contributed by atoms with Gasteiger partial charge in [-0.3, -0.25) is 4.79 Å². The quantitative estimate of drug-likeness (QED) is 0.271. The summed E-state index contributed by atoms with van der Waals surface area (Å²) in [5, 5.41) is 0.755. The number of ether oxygens (including phenoxy) is 1. The number of carbonyl (C=O) groups excluding carboxylic acids is 2. The summed E-state index contributed by atoms with van der Waals surface area (Å²) in [5.74, 6) is 0.0627. The minimum Gasteiger partial charge on any atom is -0.444 e. The molecule has 2 aromatic carbocycles. The summed E-state index contributed by atoms with van der Waals surface area (Å²) in [4.78, 5) is 36.4. The molecule has 1 aliphatic rings. The predicted octanol–water partition coefficient (Wildman–Crippen LogP) is 8.58. The van der Waals surface area contributed by atoms with E-state index in [0.717, 1.165) is 28.3 Å². The Morgan fingerprint density at radius 2 is 1.79 bits per heavy atom. The number of amides is 2. The Labute approximate surface area is 257 Å². The number of aromatic nitrogens is 1. The van der Waals surface area contributed by atoms with Crippen molar-refractivity contribution in [3.05, 3.63) is 75.6 Å². The van der Waals surface area contributed by atoms with E-state index in [2.05, 4.69) is 29.8 Å². The number of hydrogen-bond donors (Lipinski definition) is 0. The number of rotatable bonds is 6. The van der Waals surface area contributed by atoms with Gasteiger partial charge in [0, 0.05) is 22.4 Å². The molecule has 1 aromatic heterocycles. The zero-order chi connectivity index (χ0) is 30.8. The Morgan fingerprint density at radius 1 is 1.10 bits per heavy atom. The van der Waals surface area contributed by atoms with Crippen LogP contribution in [0.2, 0.25) is 0 Å². The number of carbonyl (C=O) groups is 2. The van der Waals surface area contributed by atoms with Gasteiger partial charge in [0.25, 0.3) is 5.91 Å². The van der Waals surface area contributed by atoms with Crippen molar-refractivity contribution in [2.24, 2.45) is 5.92 Å². The average molecular weight is 639 g/mol. The molecular formula is C34H41BrFN3O3. The highest BCUT2D eigenvalue weighted by molar-refractivity contribution is 9.10. The number of nitrogens with zero attached hydrogens (tertiary/aromatic N) is 3. The van der Waals surface area contributed by atoms with Crippen LogP contribution in [-0.4, -0.2) is 57.1 Å². The van der Waals surface area contributed by atoms with Gasteiger partial charge in [0.2, 0.25) is 0 Å². The van der Waals surface area contributed by atoms with Crippen LogP contribution >= 0.6 is 15.9 Å². The third-order valence-corrected chi connectivity index (χ3v) is 8.07. The van der Waals surface area contributed by atoms with Gasteiger partial charge in [-0.2, -0.15) is 0 Å². The molecule has 0 N–H and O–H groups in total. The Bertz CT molecular complexity index is 1470. The Hall–Kier alpha value is -3.26. The van der Waals surface area contributed by atoms with E-state index in [0.29, 0.717) is 29.2 Å². The fraction of sp³-hybridized carbons (Fsp3) is 0.441. The molecule has 0 aliphatic carbocycles. The first kappa shape index (κ1) is 31.7. The smallest absolute Gasteiger partial charge is 0.410 e. The fourth-order valence-electron chi connectivity index (χ4n) is 5.48. The highest BCUT2D eigenvalue weighted by Gasteiger charge is 2.43. The molecule has 3 atom stereocenters. The van der Waals surface area contributed by atoms with E-state index >= 15 is 0 Å². The fourth-order valence-corrected chi connectivity index (χ4v) is 5.84. The number of hydrogen-bond acceptors (Lipinski definition) is 4. The van der Waals surface area contributed by atoms with E-state index in [-0.39, 0.29) is 35.9 Å². The van der Waals surface area contributed by atoms with Gasteiger partial charge in [-0.15, -0.1) is 0 Å². The first-order valence-electron chi connectivity index (χ1n) is 14.6. The van der Waals surface area contributed by atoms with Crippen LogP contribution in [0, 0.1) is 11.7 Å². The maximum absolute atomic E-state index is 14.6. The third kappa shape index (κ3) is 7.57. The summed E-state index contributed by atoms with van der Waals surface area (Å²) in [6, 6.07) is 13.1. The summed E-state index contributed by atoms with van der Waals surface area (Å²) in [7, 11) is 0. The monoisotopic (exact) mass is 637 g/mol. The van der Waals surface area contributed by atoms with Crippen molar-refractivity contribution in [3.8, 4) is 0 Å². The standard InChI is InChI=1S/C34H41BrFN3O3/c1-21(2)8-17-31-23(4)38(33(41)42-34(5,6)7)20-22(3)39(31)32(40)29-19-27(15-11-24-9-13-26(36)14-10-24)37-30-16-12-25(35)18-28(29)30/h9-16,18-19,21-23,31H,8,17,20H2,1-7H3/b15-11+. The molecule has 3 unspecified atom stereocenters. The van der Waals surface area contributed by atoms with Gasteiger partial charge in [0.05, 0.1) is 28.9 Å². The third-order valence-electron chi connectivity index (χ3n) is 7.58. The minimum atomic E-state index is -0.610. The lowest BCUT2D eigenvalue weighted by Gasteiger charge is -2.50. The maximum Gasteiger partial charge on any atom is 0.410 e. The zero-order valence-electron chi connectivity index (χ0n) is 25.5. The molecule has 3 aromatic rings. The van der Waals surface area contributed by atoms with Crippen LogP contribution in [0.4, 0.5) is 9.18 Å². The molecule has 8 heteroatoms. The van der Waals surface area contributed by atoms with E-state index < -0.39 is 5.60 Å². The molecule has 0 radical (unpaired) electrons. The molecule has 224 valence electrons. The minimum absolute atomic E-state index is 0.0890. The number of piperazine rings is 1. The number of fused-ring (bicyclic) bond motifs is 1. The van der Waals surface area contributed by atoms with Crippen molar-refractivity contribution in [2.75, 3.05) is 6.54 Å². The number of benzene rings is 2. The normalized spacial score (nSPS) is 19.6. The average Bonchev–Trinajstić information content (AvgIpc) is 2.91. The molecular weight excluding hydrogens is 597 g/mol. The molecule has 42 heavy (non-hydrogen) atoms. The van der Waals surface area contributed by atoms with E-state index in [9.17, 15) is 14.0 Å². The van der Waals surface area contributed by atoms with Crippen LogP contribution in [0.1, 0.15) is 82.9 Å².